The van der Waals surface area contributed by atoms with Gasteiger partial charge in [-0.25, -0.2) is 0 Å². The average molecular weight is 517 g/mol. The average Bonchev–Trinajstić information content (AvgIpc) is 2.92. The molecule has 2 amide bonds. The fourth-order valence-corrected chi connectivity index (χ4v) is 5.88. The zero-order valence-electron chi connectivity index (χ0n) is 21.0. The van der Waals surface area contributed by atoms with Crippen molar-refractivity contribution in [3.05, 3.63) is 94.5 Å². The molecule has 2 N–H and O–H groups in total. The Morgan fingerprint density at radius 2 is 1.62 bits per heavy atom. The van der Waals surface area contributed by atoms with Crippen LogP contribution in [-0.4, -0.2) is 59.1 Å². The Hall–Kier alpha value is -3.49. The maximum absolute atomic E-state index is 12.9. The SMILES string of the molecule is CN1CCc2ccc(NC(=O)c3cccc(CNC(=O)c4cccc(N5CCS(=O)CC5)c4)c3)cc2C1. The molecule has 0 bridgehead atoms. The molecule has 2 aliphatic rings. The fraction of sp³-hybridized carbons (Fsp3) is 0.310. The highest BCUT2D eigenvalue weighted by atomic mass is 32.2. The predicted octanol–water partition coefficient (Wildman–Crippen LogP) is 3.43. The first-order valence-electron chi connectivity index (χ1n) is 12.6. The van der Waals surface area contributed by atoms with E-state index in [-0.39, 0.29) is 11.8 Å². The molecule has 0 aromatic heterocycles. The molecule has 0 radical (unpaired) electrons. The van der Waals surface area contributed by atoms with Gasteiger partial charge in [-0.2, -0.15) is 0 Å². The number of amides is 2. The van der Waals surface area contributed by atoms with Crippen molar-refractivity contribution < 1.29 is 13.8 Å². The largest absolute Gasteiger partial charge is 0.370 e. The third-order valence-corrected chi connectivity index (χ3v) is 8.24. The Morgan fingerprint density at radius 3 is 2.43 bits per heavy atom. The standard InChI is InChI=1S/C29H32N4O3S/c1-32-11-10-22-8-9-26(17-25(22)20-32)31-29(35)23-5-2-4-21(16-23)19-30-28(34)24-6-3-7-27(18-24)33-12-14-37(36)15-13-33/h2-9,16-18H,10-15,19-20H2,1H3,(H,30,34)(H,31,35). The van der Waals surface area contributed by atoms with Crippen LogP contribution in [0, 0.1) is 0 Å². The first-order valence-corrected chi connectivity index (χ1v) is 14.1. The van der Waals surface area contributed by atoms with E-state index in [1.54, 1.807) is 12.1 Å². The van der Waals surface area contributed by atoms with Crippen LogP contribution in [0.1, 0.15) is 37.4 Å². The topological polar surface area (TPSA) is 81.8 Å². The van der Waals surface area contributed by atoms with E-state index in [1.165, 1.54) is 11.1 Å². The second-order valence-corrected chi connectivity index (χ2v) is 11.4. The molecular formula is C29H32N4O3S. The van der Waals surface area contributed by atoms with Gasteiger partial charge >= 0.3 is 0 Å². The normalized spacial score (nSPS) is 16.2. The van der Waals surface area contributed by atoms with Crippen molar-refractivity contribution in [3.8, 4) is 0 Å². The van der Waals surface area contributed by atoms with Crippen LogP contribution in [0.25, 0.3) is 0 Å². The molecule has 8 heteroatoms. The summed E-state index contributed by atoms with van der Waals surface area (Å²) in [5.74, 6) is 0.970. The third-order valence-electron chi connectivity index (χ3n) is 6.96. The number of nitrogens with one attached hydrogen (secondary N) is 2. The van der Waals surface area contributed by atoms with E-state index < -0.39 is 10.8 Å². The van der Waals surface area contributed by atoms with Gasteiger partial charge in [0.05, 0.1) is 0 Å². The van der Waals surface area contributed by atoms with Crippen LogP contribution in [0.3, 0.4) is 0 Å². The van der Waals surface area contributed by atoms with E-state index in [9.17, 15) is 13.8 Å². The lowest BCUT2D eigenvalue weighted by Gasteiger charge is -2.28. The van der Waals surface area contributed by atoms with Gasteiger partial charge in [-0.15, -0.1) is 0 Å². The summed E-state index contributed by atoms with van der Waals surface area (Å²) in [6.07, 6.45) is 1.03. The first kappa shape index (κ1) is 25.2. The molecule has 1 saturated heterocycles. The second-order valence-electron chi connectivity index (χ2n) is 9.69. The number of rotatable bonds is 6. The van der Waals surface area contributed by atoms with Crippen molar-refractivity contribution in [2.75, 3.05) is 48.4 Å². The minimum absolute atomic E-state index is 0.170. The van der Waals surface area contributed by atoms with Gasteiger partial charge in [-0.3, -0.25) is 13.8 Å². The molecule has 1 fully saturated rings. The Kier molecular flexibility index (Phi) is 7.67. The van der Waals surface area contributed by atoms with E-state index in [0.29, 0.717) is 29.2 Å². The number of likely N-dealkylation sites (N-methyl/N-ethyl adjacent to an activating group) is 1. The maximum atomic E-state index is 12.9. The van der Waals surface area contributed by atoms with E-state index >= 15 is 0 Å². The molecule has 0 spiro atoms. The molecule has 37 heavy (non-hydrogen) atoms. The van der Waals surface area contributed by atoms with Crippen molar-refractivity contribution >= 4 is 34.0 Å². The summed E-state index contributed by atoms with van der Waals surface area (Å²) in [7, 11) is 1.36. The Bertz CT molecular complexity index is 1330. The van der Waals surface area contributed by atoms with Crippen molar-refractivity contribution in [1.82, 2.24) is 10.2 Å². The summed E-state index contributed by atoms with van der Waals surface area (Å²) in [6, 6.07) is 21.0. The highest BCUT2D eigenvalue weighted by Crippen LogP contribution is 2.23. The lowest BCUT2D eigenvalue weighted by atomic mass is 9.99. The molecule has 0 atom stereocenters. The zero-order valence-corrected chi connectivity index (χ0v) is 21.9. The van der Waals surface area contributed by atoms with Gasteiger partial charge in [0.2, 0.25) is 0 Å². The summed E-state index contributed by atoms with van der Waals surface area (Å²) in [4.78, 5) is 30.2. The van der Waals surface area contributed by atoms with Crippen LogP contribution in [0.5, 0.6) is 0 Å². The summed E-state index contributed by atoms with van der Waals surface area (Å²) in [5.41, 5.74) is 6.33. The monoisotopic (exact) mass is 516 g/mol. The minimum atomic E-state index is -0.744. The molecule has 3 aromatic rings. The number of hydrogen-bond acceptors (Lipinski definition) is 5. The quantitative estimate of drug-likeness (QED) is 0.525. The van der Waals surface area contributed by atoms with E-state index in [0.717, 1.165) is 49.5 Å². The molecule has 0 unspecified atom stereocenters. The van der Waals surface area contributed by atoms with Crippen molar-refractivity contribution in [2.45, 2.75) is 19.5 Å². The van der Waals surface area contributed by atoms with Gasteiger partial charge in [0, 0.05) is 77.5 Å². The number of benzene rings is 3. The number of carbonyl (C=O) groups is 2. The fourth-order valence-electron chi connectivity index (χ4n) is 4.83. The highest BCUT2D eigenvalue weighted by Gasteiger charge is 2.17. The summed E-state index contributed by atoms with van der Waals surface area (Å²) in [5, 5.41) is 5.98. The van der Waals surface area contributed by atoms with Crippen LogP contribution in [0.2, 0.25) is 0 Å². The Morgan fingerprint density at radius 1 is 0.865 bits per heavy atom. The lowest BCUT2D eigenvalue weighted by molar-refractivity contribution is 0.0950. The zero-order chi connectivity index (χ0) is 25.8. The first-order chi connectivity index (χ1) is 17.9. The number of hydrogen-bond donors (Lipinski definition) is 2. The summed E-state index contributed by atoms with van der Waals surface area (Å²) < 4.78 is 11.6. The molecule has 5 rings (SSSR count). The van der Waals surface area contributed by atoms with Gasteiger partial charge in [-0.05, 0) is 72.6 Å². The van der Waals surface area contributed by atoms with Crippen molar-refractivity contribution in [2.24, 2.45) is 0 Å². The van der Waals surface area contributed by atoms with E-state index in [1.807, 2.05) is 42.5 Å². The highest BCUT2D eigenvalue weighted by molar-refractivity contribution is 7.85. The predicted molar refractivity (Wildman–Crippen MR) is 149 cm³/mol. The van der Waals surface area contributed by atoms with Gasteiger partial charge in [0.25, 0.3) is 11.8 Å². The maximum Gasteiger partial charge on any atom is 0.255 e. The van der Waals surface area contributed by atoms with E-state index in [2.05, 4.69) is 39.6 Å². The number of anilines is 2. The smallest absolute Gasteiger partial charge is 0.255 e. The van der Waals surface area contributed by atoms with Crippen LogP contribution >= 0.6 is 0 Å². The molecule has 3 aromatic carbocycles. The Balaban J connectivity index is 1.20. The van der Waals surface area contributed by atoms with Crippen LogP contribution in [-0.2, 0) is 30.3 Å². The molecule has 0 aliphatic carbocycles. The second kappa shape index (κ2) is 11.3. The summed E-state index contributed by atoms with van der Waals surface area (Å²) in [6.45, 7) is 3.72. The van der Waals surface area contributed by atoms with Crippen LogP contribution < -0.4 is 15.5 Å². The van der Waals surface area contributed by atoms with Gasteiger partial charge in [0.1, 0.15) is 0 Å². The number of fused-ring (bicyclic) bond motifs is 1. The number of nitrogens with zero attached hydrogens (tertiary/aromatic N) is 2. The van der Waals surface area contributed by atoms with Crippen molar-refractivity contribution in [3.63, 3.8) is 0 Å². The van der Waals surface area contributed by atoms with E-state index in [4.69, 9.17) is 0 Å². The van der Waals surface area contributed by atoms with Gasteiger partial charge < -0.3 is 20.4 Å². The molecule has 0 saturated carbocycles. The van der Waals surface area contributed by atoms with Crippen molar-refractivity contribution in [1.29, 1.82) is 0 Å². The third kappa shape index (κ3) is 6.26. The minimum Gasteiger partial charge on any atom is -0.370 e. The summed E-state index contributed by atoms with van der Waals surface area (Å²) >= 11 is 0. The molecule has 2 heterocycles. The molecular weight excluding hydrogens is 484 g/mol. The molecule has 192 valence electrons. The van der Waals surface area contributed by atoms with Crippen LogP contribution in [0.4, 0.5) is 11.4 Å². The van der Waals surface area contributed by atoms with Gasteiger partial charge in [-0.1, -0.05) is 24.3 Å². The van der Waals surface area contributed by atoms with Crippen LogP contribution in [0.15, 0.2) is 66.7 Å². The molecule has 7 nitrogen and oxygen atoms in total. The lowest BCUT2D eigenvalue weighted by Crippen LogP contribution is -2.37. The molecule has 2 aliphatic heterocycles. The Labute approximate surface area is 220 Å². The number of carbonyl (C=O) groups excluding carboxylic acids is 2. The van der Waals surface area contributed by atoms with Gasteiger partial charge in [0.15, 0.2) is 0 Å².